The molecule has 1 fully saturated rings. The summed E-state index contributed by atoms with van der Waals surface area (Å²) in [4.78, 5) is 27.7. The summed E-state index contributed by atoms with van der Waals surface area (Å²) < 4.78 is 2.11. The van der Waals surface area contributed by atoms with E-state index in [4.69, 9.17) is 0 Å². The molecule has 4 nitrogen and oxygen atoms in total. The molecule has 2 aliphatic heterocycles. The van der Waals surface area contributed by atoms with Crippen LogP contribution < -0.4 is 5.43 Å². The SMILES string of the molecule is O=C(c1cn2c3c(cccc3c1=O)CCC2)N1CCCCCC1. The van der Waals surface area contributed by atoms with Gasteiger partial charge in [0.2, 0.25) is 5.43 Å². The van der Waals surface area contributed by atoms with Gasteiger partial charge < -0.3 is 9.47 Å². The van der Waals surface area contributed by atoms with Crippen LogP contribution in [0.3, 0.4) is 0 Å². The fourth-order valence-electron chi connectivity index (χ4n) is 3.95. The van der Waals surface area contributed by atoms with Crippen LogP contribution >= 0.6 is 0 Å². The molecule has 4 rings (SSSR count). The minimum Gasteiger partial charge on any atom is -0.346 e. The van der Waals surface area contributed by atoms with Gasteiger partial charge in [-0.05, 0) is 37.3 Å². The van der Waals surface area contributed by atoms with Gasteiger partial charge in [-0.3, -0.25) is 9.59 Å². The van der Waals surface area contributed by atoms with E-state index in [0.717, 1.165) is 50.8 Å². The molecular formula is C19H22N2O2. The predicted octanol–water partition coefficient (Wildman–Crippen LogP) is 2.96. The average molecular weight is 310 g/mol. The van der Waals surface area contributed by atoms with Crippen molar-refractivity contribution in [1.29, 1.82) is 0 Å². The van der Waals surface area contributed by atoms with Crippen LogP contribution in [0.1, 0.15) is 48.0 Å². The Morgan fingerprint density at radius 1 is 0.957 bits per heavy atom. The lowest BCUT2D eigenvalue weighted by Gasteiger charge is -2.23. The highest BCUT2D eigenvalue weighted by Crippen LogP contribution is 2.24. The molecule has 2 aromatic rings. The van der Waals surface area contributed by atoms with Crippen molar-refractivity contribution in [2.75, 3.05) is 13.1 Å². The first-order valence-electron chi connectivity index (χ1n) is 8.70. The van der Waals surface area contributed by atoms with Gasteiger partial charge in [-0.25, -0.2) is 0 Å². The largest absolute Gasteiger partial charge is 0.346 e. The van der Waals surface area contributed by atoms with E-state index in [1.54, 1.807) is 6.20 Å². The number of likely N-dealkylation sites (tertiary alicyclic amines) is 1. The van der Waals surface area contributed by atoms with E-state index < -0.39 is 0 Å². The van der Waals surface area contributed by atoms with E-state index in [-0.39, 0.29) is 11.3 Å². The maximum absolute atomic E-state index is 12.9. The third-order valence-electron chi connectivity index (χ3n) is 5.15. The Bertz CT molecular complexity index is 814. The fourth-order valence-corrected chi connectivity index (χ4v) is 3.95. The molecule has 3 heterocycles. The summed E-state index contributed by atoms with van der Waals surface area (Å²) in [6, 6.07) is 5.89. The number of para-hydroxylation sites is 1. The smallest absolute Gasteiger partial charge is 0.259 e. The predicted molar refractivity (Wildman–Crippen MR) is 90.9 cm³/mol. The Morgan fingerprint density at radius 3 is 2.52 bits per heavy atom. The highest BCUT2D eigenvalue weighted by Gasteiger charge is 2.23. The number of hydrogen-bond acceptors (Lipinski definition) is 2. The quantitative estimate of drug-likeness (QED) is 0.812. The number of benzene rings is 1. The number of nitrogens with zero attached hydrogens (tertiary/aromatic N) is 2. The van der Waals surface area contributed by atoms with Gasteiger partial charge in [0, 0.05) is 31.2 Å². The van der Waals surface area contributed by atoms with Gasteiger partial charge in [-0.1, -0.05) is 25.0 Å². The molecule has 2 aliphatic rings. The molecule has 120 valence electrons. The highest BCUT2D eigenvalue weighted by molar-refractivity contribution is 5.98. The van der Waals surface area contributed by atoms with Crippen LogP contribution in [0.5, 0.6) is 0 Å². The van der Waals surface area contributed by atoms with E-state index in [9.17, 15) is 9.59 Å². The van der Waals surface area contributed by atoms with E-state index in [2.05, 4.69) is 10.6 Å². The van der Waals surface area contributed by atoms with Crippen LogP contribution in [0.15, 0.2) is 29.2 Å². The van der Waals surface area contributed by atoms with Gasteiger partial charge in [-0.2, -0.15) is 0 Å². The molecule has 1 amide bonds. The minimum atomic E-state index is -0.103. The molecule has 0 saturated carbocycles. The van der Waals surface area contributed by atoms with Gasteiger partial charge in [0.05, 0.1) is 5.52 Å². The highest BCUT2D eigenvalue weighted by atomic mass is 16.2. The summed E-state index contributed by atoms with van der Waals surface area (Å²) in [6.07, 6.45) is 8.31. The number of aromatic nitrogens is 1. The monoisotopic (exact) mass is 310 g/mol. The van der Waals surface area contributed by atoms with Gasteiger partial charge in [0.1, 0.15) is 5.56 Å². The molecule has 0 spiro atoms. The summed E-state index contributed by atoms with van der Waals surface area (Å²) in [5.41, 5.74) is 2.49. The molecule has 1 saturated heterocycles. The minimum absolute atomic E-state index is 0.0847. The second kappa shape index (κ2) is 5.84. The van der Waals surface area contributed by atoms with Gasteiger partial charge in [0.25, 0.3) is 5.91 Å². The van der Waals surface area contributed by atoms with Crippen molar-refractivity contribution in [3.8, 4) is 0 Å². The van der Waals surface area contributed by atoms with Gasteiger partial charge in [0.15, 0.2) is 0 Å². The van der Waals surface area contributed by atoms with E-state index in [0.29, 0.717) is 10.9 Å². The molecule has 0 unspecified atom stereocenters. The lowest BCUT2D eigenvalue weighted by atomic mass is 9.99. The van der Waals surface area contributed by atoms with Crippen LogP contribution in [0.4, 0.5) is 0 Å². The molecule has 1 aromatic carbocycles. The van der Waals surface area contributed by atoms with Crippen molar-refractivity contribution >= 4 is 16.8 Å². The number of pyridine rings is 1. The Balaban J connectivity index is 1.83. The second-order valence-corrected chi connectivity index (χ2v) is 6.69. The number of carbonyl (C=O) groups excluding carboxylic acids is 1. The third kappa shape index (κ3) is 2.46. The maximum Gasteiger partial charge on any atom is 0.259 e. The lowest BCUT2D eigenvalue weighted by Crippen LogP contribution is -2.35. The van der Waals surface area contributed by atoms with Crippen molar-refractivity contribution in [3.05, 3.63) is 45.7 Å². The molecule has 1 aromatic heterocycles. The summed E-state index contributed by atoms with van der Waals surface area (Å²) >= 11 is 0. The van der Waals surface area contributed by atoms with Crippen LogP contribution in [-0.2, 0) is 13.0 Å². The van der Waals surface area contributed by atoms with Crippen LogP contribution in [-0.4, -0.2) is 28.5 Å². The summed E-state index contributed by atoms with van der Waals surface area (Å²) in [5, 5.41) is 0.697. The van der Waals surface area contributed by atoms with E-state index in [1.807, 2.05) is 17.0 Å². The zero-order valence-corrected chi connectivity index (χ0v) is 13.4. The molecule has 23 heavy (non-hydrogen) atoms. The van der Waals surface area contributed by atoms with Crippen molar-refractivity contribution < 1.29 is 4.79 Å². The first-order chi connectivity index (χ1) is 11.3. The number of carbonyl (C=O) groups is 1. The normalized spacial score (nSPS) is 18.0. The zero-order valence-electron chi connectivity index (χ0n) is 13.4. The number of aryl methyl sites for hydroxylation is 2. The first-order valence-corrected chi connectivity index (χ1v) is 8.70. The summed E-state index contributed by atoms with van der Waals surface area (Å²) in [5.74, 6) is -0.0847. The number of rotatable bonds is 1. The summed E-state index contributed by atoms with van der Waals surface area (Å²) in [6.45, 7) is 2.43. The third-order valence-corrected chi connectivity index (χ3v) is 5.15. The zero-order chi connectivity index (χ0) is 15.8. The first kappa shape index (κ1) is 14.5. The Labute approximate surface area is 135 Å². The Hall–Kier alpha value is -2.10. The average Bonchev–Trinajstić information content (AvgIpc) is 2.87. The molecule has 0 radical (unpaired) electrons. The molecule has 4 heteroatoms. The van der Waals surface area contributed by atoms with Crippen molar-refractivity contribution in [2.45, 2.75) is 45.1 Å². The maximum atomic E-state index is 12.9. The van der Waals surface area contributed by atoms with Crippen LogP contribution in [0.2, 0.25) is 0 Å². The Morgan fingerprint density at radius 2 is 1.74 bits per heavy atom. The van der Waals surface area contributed by atoms with Crippen molar-refractivity contribution in [1.82, 2.24) is 9.47 Å². The standard InChI is InChI=1S/C19H22N2O2/c22-18-15-9-5-7-14-8-6-12-21(17(14)15)13-16(18)19(23)20-10-3-1-2-4-11-20/h5,7,9,13H,1-4,6,8,10-12H2. The topological polar surface area (TPSA) is 42.3 Å². The van der Waals surface area contributed by atoms with Crippen LogP contribution in [0.25, 0.3) is 10.9 Å². The van der Waals surface area contributed by atoms with Crippen LogP contribution in [0, 0.1) is 0 Å². The number of amides is 1. The van der Waals surface area contributed by atoms with Crippen molar-refractivity contribution in [2.24, 2.45) is 0 Å². The summed E-state index contributed by atoms with van der Waals surface area (Å²) in [7, 11) is 0. The molecule has 0 bridgehead atoms. The number of hydrogen-bond donors (Lipinski definition) is 0. The van der Waals surface area contributed by atoms with Gasteiger partial charge in [-0.15, -0.1) is 0 Å². The van der Waals surface area contributed by atoms with E-state index >= 15 is 0 Å². The molecular weight excluding hydrogens is 288 g/mol. The van der Waals surface area contributed by atoms with Gasteiger partial charge >= 0.3 is 0 Å². The van der Waals surface area contributed by atoms with E-state index in [1.165, 1.54) is 18.4 Å². The molecule has 0 N–H and O–H groups in total. The lowest BCUT2D eigenvalue weighted by molar-refractivity contribution is 0.0759. The Kier molecular flexibility index (Phi) is 3.68. The molecule has 0 aliphatic carbocycles. The van der Waals surface area contributed by atoms with Crippen molar-refractivity contribution in [3.63, 3.8) is 0 Å². The fraction of sp³-hybridized carbons (Fsp3) is 0.474. The molecule has 0 atom stereocenters. The second-order valence-electron chi connectivity index (χ2n) is 6.69.